The maximum Gasteiger partial charge on any atom is 2.00 e. The Morgan fingerprint density at radius 1 is 1.12 bits per heavy atom. The normalized spacial score (nSPS) is 1.62. The molecule has 0 aromatic heterocycles. The third-order valence-electron chi connectivity index (χ3n) is 0. The van der Waals surface area contributed by atoms with Crippen LogP contribution in [0.15, 0.2) is 0 Å². The summed E-state index contributed by atoms with van der Waals surface area (Å²) < 4.78 is 1.94. The second kappa shape index (κ2) is 284. The second-order valence-electron chi connectivity index (χ2n) is 0.158. The van der Waals surface area contributed by atoms with Crippen LogP contribution in [0.1, 0.15) is 0 Å². The van der Waals surface area contributed by atoms with E-state index in [9.17, 15) is 0 Å². The van der Waals surface area contributed by atoms with Gasteiger partial charge in [-0.3, -0.25) is 0 Å². The van der Waals surface area contributed by atoms with E-state index in [4.69, 9.17) is 28.9 Å². The molecule has 0 fully saturated rings. The SMILES string of the molecule is N#[C][Hg].[C-]#N.[C-]#N.[Fe+2]. The Hall–Kier alpha value is -0.0755. The number of hydrogen-bond acceptors (Lipinski definition) is 3. The van der Waals surface area contributed by atoms with Gasteiger partial charge in [0, 0.05) is 0 Å². The molecule has 8 heavy (non-hydrogen) atoms. The standard InChI is InChI=1S/3CN.Fe.Hg/c3*1-2;;/q;2*-1;+2;. The molecule has 0 saturated heterocycles. The van der Waals surface area contributed by atoms with Crippen LogP contribution in [0, 0.1) is 32.5 Å². The van der Waals surface area contributed by atoms with Crippen molar-refractivity contribution in [3.63, 3.8) is 0 Å². The Morgan fingerprint density at radius 2 is 1.12 bits per heavy atom. The molecule has 0 amide bonds. The monoisotopic (exact) mass is 336 g/mol. The summed E-state index contributed by atoms with van der Waals surface area (Å²) >= 11 is 0.372. The van der Waals surface area contributed by atoms with Crippen molar-refractivity contribution in [3.8, 4) is 3.58 Å². The van der Waals surface area contributed by atoms with Gasteiger partial charge in [-0.25, -0.2) is 0 Å². The molecule has 5 heteroatoms. The average Bonchev–Trinajstić information content (AvgIpc) is 1.78. The Kier molecular flexibility index (Phi) is 877. The molecular weight excluding hydrogens is 334 g/mol. The third-order valence-corrected chi connectivity index (χ3v) is 0. The van der Waals surface area contributed by atoms with Crippen LogP contribution in [0.3, 0.4) is 0 Å². The van der Waals surface area contributed by atoms with E-state index in [1.807, 2.05) is 3.58 Å². The van der Waals surface area contributed by atoms with Crippen LogP contribution in [0.4, 0.5) is 0 Å². The van der Waals surface area contributed by atoms with E-state index in [-0.39, 0.29) is 17.1 Å². The molecule has 0 bridgehead atoms. The van der Waals surface area contributed by atoms with Gasteiger partial charge in [-0.15, -0.1) is 0 Å². The summed E-state index contributed by atoms with van der Waals surface area (Å²) in [4.78, 5) is 0. The van der Waals surface area contributed by atoms with Crippen LogP contribution in [0.5, 0.6) is 0 Å². The fourth-order valence-corrected chi connectivity index (χ4v) is 0. The van der Waals surface area contributed by atoms with Crippen molar-refractivity contribution in [2.24, 2.45) is 0 Å². The summed E-state index contributed by atoms with van der Waals surface area (Å²) in [6.07, 6.45) is 0. The van der Waals surface area contributed by atoms with E-state index < -0.39 is 0 Å². The molecule has 0 spiro atoms. The second-order valence-corrected chi connectivity index (χ2v) is 1.39. The van der Waals surface area contributed by atoms with Gasteiger partial charge in [0.15, 0.2) is 0 Å². The van der Waals surface area contributed by atoms with Crippen LogP contribution in [-0.2, 0) is 43.2 Å². The molecule has 0 aliphatic heterocycles. The Morgan fingerprint density at radius 3 is 1.12 bits per heavy atom. The molecule has 0 aromatic rings. The summed E-state index contributed by atoms with van der Waals surface area (Å²) in [5.74, 6) is 0. The Labute approximate surface area is 75.3 Å². The zero-order chi connectivity index (χ0) is 6.71. The largest absolute Gasteiger partial charge is 2.00 e. The van der Waals surface area contributed by atoms with Crippen molar-refractivity contribution in [1.82, 2.24) is 0 Å². The smallest absolute Gasteiger partial charge is 0.512 e. The first-order valence-electron chi connectivity index (χ1n) is 1.02. The average molecular weight is 334 g/mol. The molecule has 3 nitrogen and oxygen atoms in total. The first-order chi connectivity index (χ1) is 3.41. The van der Waals surface area contributed by atoms with Crippen molar-refractivity contribution < 1.29 is 43.2 Å². The van der Waals surface area contributed by atoms with Crippen LogP contribution < -0.4 is 0 Å². The van der Waals surface area contributed by atoms with Crippen LogP contribution >= 0.6 is 0 Å². The molecule has 0 rings (SSSR count). The van der Waals surface area contributed by atoms with E-state index in [2.05, 4.69) is 0 Å². The molecule has 0 radical (unpaired) electrons. The molecule has 0 aromatic carbocycles. The van der Waals surface area contributed by atoms with Gasteiger partial charge in [-0.2, -0.15) is 0 Å². The fraction of sp³-hybridized carbons (Fsp3) is 0. The minimum atomic E-state index is 0. The van der Waals surface area contributed by atoms with E-state index in [0.717, 1.165) is 0 Å². The summed E-state index contributed by atoms with van der Waals surface area (Å²) in [6, 6.07) is 0. The van der Waals surface area contributed by atoms with Gasteiger partial charge in [0.1, 0.15) is 0 Å². The number of rotatable bonds is 0. The van der Waals surface area contributed by atoms with Crippen molar-refractivity contribution in [2.75, 3.05) is 0 Å². The van der Waals surface area contributed by atoms with Gasteiger partial charge < -0.3 is 23.7 Å². The van der Waals surface area contributed by atoms with Gasteiger partial charge in [-0.05, 0) is 0 Å². The molecule has 0 unspecified atom stereocenters. The summed E-state index contributed by atoms with van der Waals surface area (Å²) in [6.45, 7) is 9.50. The molecule has 37 valence electrons. The number of nitrogens with zero attached hydrogens (tertiary/aromatic N) is 3. The maximum absolute atomic E-state index is 7.41. The Balaban J connectivity index is -0.0000000147. The first-order valence-corrected chi connectivity index (χ1v) is 3.77. The zero-order valence-electron chi connectivity index (χ0n) is 3.90. The van der Waals surface area contributed by atoms with E-state index in [1.54, 1.807) is 0 Å². The van der Waals surface area contributed by atoms with Crippen molar-refractivity contribution in [2.45, 2.75) is 0 Å². The van der Waals surface area contributed by atoms with Crippen molar-refractivity contribution in [3.05, 3.63) is 13.1 Å². The van der Waals surface area contributed by atoms with Crippen LogP contribution in [0.25, 0.3) is 0 Å². The predicted molar refractivity (Wildman–Crippen MR) is 15.5 cm³/mol. The molecule has 0 N–H and O–H groups in total. The summed E-state index contributed by atoms with van der Waals surface area (Å²) in [5, 5.41) is 19.9. The molecular formula is C3FeHgN3. The van der Waals surface area contributed by atoms with Crippen LogP contribution in [-0.4, -0.2) is 0 Å². The number of nitriles is 1. The maximum atomic E-state index is 7.41. The van der Waals surface area contributed by atoms with Gasteiger partial charge in [0.2, 0.25) is 0 Å². The molecule has 0 aliphatic rings. The van der Waals surface area contributed by atoms with Gasteiger partial charge in [-0.1, -0.05) is 0 Å². The molecule has 0 saturated carbocycles. The van der Waals surface area contributed by atoms with E-state index >= 15 is 0 Å². The molecule has 0 heterocycles. The molecule has 0 aliphatic carbocycles. The first kappa shape index (κ1) is 24.7. The fourth-order valence-electron chi connectivity index (χ4n) is 0. The van der Waals surface area contributed by atoms with Crippen LogP contribution in [0.2, 0.25) is 0 Å². The van der Waals surface area contributed by atoms with Crippen molar-refractivity contribution >= 4 is 0 Å². The zero-order valence-corrected chi connectivity index (χ0v) is 10.5. The summed E-state index contributed by atoms with van der Waals surface area (Å²) in [7, 11) is 0. The van der Waals surface area contributed by atoms with Crippen molar-refractivity contribution in [1.29, 1.82) is 15.8 Å². The topological polar surface area (TPSA) is 71.4 Å². The number of hydrogen-bond donors (Lipinski definition) is 0. The minimum absolute atomic E-state index is 0. The predicted octanol–water partition coefficient (Wildman–Crippen LogP) is 0.205. The van der Waals surface area contributed by atoms with Gasteiger partial charge >= 0.3 is 52.0 Å². The third kappa shape index (κ3) is 25200. The minimum Gasteiger partial charge on any atom is -0.512 e. The summed E-state index contributed by atoms with van der Waals surface area (Å²) in [5.41, 5.74) is 0. The Bertz CT molecular complexity index is 75.5. The van der Waals surface area contributed by atoms with E-state index in [1.165, 1.54) is 0 Å². The molecule has 0 atom stereocenters. The quantitative estimate of drug-likeness (QED) is 0.469. The van der Waals surface area contributed by atoms with E-state index in [0.29, 0.717) is 26.1 Å². The van der Waals surface area contributed by atoms with Gasteiger partial charge in [0.25, 0.3) is 0 Å². The van der Waals surface area contributed by atoms with Gasteiger partial charge in [0.05, 0.1) is 0 Å².